The van der Waals surface area contributed by atoms with E-state index >= 15 is 0 Å². The largest absolute Gasteiger partial charge is 1.00 e. The summed E-state index contributed by atoms with van der Waals surface area (Å²) in [4.78, 5) is 12.7. The van der Waals surface area contributed by atoms with Gasteiger partial charge in [-0.3, -0.25) is 4.79 Å². The predicted octanol–water partition coefficient (Wildman–Crippen LogP) is -3.14. The van der Waals surface area contributed by atoms with Gasteiger partial charge in [0.2, 0.25) is 6.41 Å². The Morgan fingerprint density at radius 2 is 1.19 bits per heavy atom. The first-order valence-corrected chi connectivity index (χ1v) is 5.44. The van der Waals surface area contributed by atoms with Gasteiger partial charge in [0.1, 0.15) is 0 Å². The Morgan fingerprint density at radius 1 is 0.875 bits per heavy atom. The van der Waals surface area contributed by atoms with Gasteiger partial charge in [-0.15, -0.1) is 0 Å². The molecule has 0 N–H and O–H groups in total. The highest BCUT2D eigenvalue weighted by molar-refractivity contribution is 5.46. The van der Waals surface area contributed by atoms with Gasteiger partial charge in [0, 0.05) is 0 Å². The number of quaternary nitrogens is 2. The lowest BCUT2D eigenvalue weighted by molar-refractivity contribution is -0.872. The Balaban J connectivity index is 0. The van der Waals surface area contributed by atoms with Crippen molar-refractivity contribution < 1.29 is 30.7 Å². The number of hydrogen-bond donors (Lipinski definition) is 0. The van der Waals surface area contributed by atoms with E-state index in [0.29, 0.717) is 0 Å². The van der Waals surface area contributed by atoms with Crippen LogP contribution in [-0.2, 0) is 4.79 Å². The molecule has 0 aromatic heterocycles. The first-order valence-electron chi connectivity index (χ1n) is 5.44. The van der Waals surface area contributed by atoms with Crippen molar-refractivity contribution in [3.8, 4) is 0 Å². The van der Waals surface area contributed by atoms with Crippen LogP contribution in [0, 0.1) is 0 Å². The number of halogens is 1. The van der Waals surface area contributed by atoms with Crippen LogP contribution in [0.5, 0.6) is 0 Å². The summed E-state index contributed by atoms with van der Waals surface area (Å²) in [6.45, 7) is 3.67. The fraction of sp³-hybridized carbons (Fsp3) is 0.909. The number of hydrogen-bond acceptors (Lipinski definition) is 1. The Morgan fingerprint density at radius 3 is 1.38 bits per heavy atom. The third kappa shape index (κ3) is 11.9. The van der Waals surface area contributed by atoms with Crippen molar-refractivity contribution >= 4 is 6.41 Å². The van der Waals surface area contributed by atoms with Crippen LogP contribution in [0.3, 0.4) is 0 Å². The van der Waals surface area contributed by atoms with Gasteiger partial charge in [-0.1, -0.05) is 0 Å². The third-order valence-electron chi connectivity index (χ3n) is 2.27. The second-order valence-corrected chi connectivity index (χ2v) is 6.17. The van der Waals surface area contributed by atoms with Crippen molar-refractivity contribution in [2.75, 3.05) is 68.5 Å². The highest BCUT2D eigenvalue weighted by atomic mass is 79.9. The number of nitrogens with zero attached hydrogens (tertiary/aromatic N) is 3. The van der Waals surface area contributed by atoms with E-state index < -0.39 is 0 Å². The van der Waals surface area contributed by atoms with E-state index in [1.807, 2.05) is 4.90 Å². The molecule has 0 unspecified atom stereocenters. The van der Waals surface area contributed by atoms with Gasteiger partial charge in [0.25, 0.3) is 0 Å². The highest BCUT2D eigenvalue weighted by Crippen LogP contribution is 1.95. The maximum Gasteiger partial charge on any atom is 0.210 e. The van der Waals surface area contributed by atoms with Crippen LogP contribution < -0.4 is 17.0 Å². The monoisotopic (exact) mass is 296 g/mol. The molecule has 0 atom stereocenters. The Bertz CT molecular complexity index is 178. The fourth-order valence-corrected chi connectivity index (χ4v) is 1.07. The minimum atomic E-state index is 0. The summed E-state index contributed by atoms with van der Waals surface area (Å²) in [5.74, 6) is 0. The van der Waals surface area contributed by atoms with E-state index in [2.05, 4.69) is 42.3 Å². The molecule has 0 saturated heterocycles. The average Bonchev–Trinajstić information content (AvgIpc) is 2.00. The molecule has 0 aliphatic heterocycles. The lowest BCUT2D eigenvalue weighted by atomic mass is 10.4. The summed E-state index contributed by atoms with van der Waals surface area (Å²) in [5.41, 5.74) is 0. The third-order valence-corrected chi connectivity index (χ3v) is 2.27. The van der Waals surface area contributed by atoms with Crippen molar-refractivity contribution in [3.63, 3.8) is 0 Å². The van der Waals surface area contributed by atoms with Crippen LogP contribution in [0.4, 0.5) is 0 Å². The summed E-state index contributed by atoms with van der Waals surface area (Å²) in [6, 6.07) is 0. The SMILES string of the molecule is C[N+](C)(C)CCN(C=O)CC[N+](C)(C)C.[Br-]. The number of amides is 1. The summed E-state index contributed by atoms with van der Waals surface area (Å²) in [7, 11) is 12.9. The zero-order valence-electron chi connectivity index (χ0n) is 11.5. The van der Waals surface area contributed by atoms with Crippen LogP contribution in [0.1, 0.15) is 0 Å². The molecular formula is C11H27BrN3O+. The van der Waals surface area contributed by atoms with Crippen LogP contribution >= 0.6 is 0 Å². The molecule has 0 spiro atoms. The molecule has 16 heavy (non-hydrogen) atoms. The van der Waals surface area contributed by atoms with Gasteiger partial charge in [-0.25, -0.2) is 0 Å². The van der Waals surface area contributed by atoms with Crippen LogP contribution in [0.25, 0.3) is 0 Å². The predicted molar refractivity (Wildman–Crippen MR) is 63.4 cm³/mol. The topological polar surface area (TPSA) is 20.3 Å². The highest BCUT2D eigenvalue weighted by Gasteiger charge is 2.13. The first kappa shape index (κ1) is 18.2. The van der Waals surface area contributed by atoms with Gasteiger partial charge in [0.05, 0.1) is 68.5 Å². The van der Waals surface area contributed by atoms with Crippen LogP contribution in [0.15, 0.2) is 0 Å². The molecule has 0 aromatic rings. The molecular weight excluding hydrogens is 270 g/mol. The Hall–Kier alpha value is -0.130. The summed E-state index contributed by atoms with van der Waals surface area (Å²) < 4.78 is 1.80. The standard InChI is InChI=1S/C11H27N3O.BrH/c1-13(2,3)9-7-12(11-15)8-10-14(4,5)6;/h11H,7-10H2,1-6H3;1H/q+2;/p-1. The Labute approximate surface area is 111 Å². The molecule has 0 fully saturated rings. The van der Waals surface area contributed by atoms with Gasteiger partial charge in [-0.2, -0.15) is 0 Å². The zero-order valence-corrected chi connectivity index (χ0v) is 13.1. The lowest BCUT2D eigenvalue weighted by Crippen LogP contribution is -3.00. The molecule has 1 amide bonds. The second kappa shape index (κ2) is 7.25. The number of likely N-dealkylation sites (N-methyl/N-ethyl adjacent to an activating group) is 2. The number of carbonyl (C=O) groups is 1. The van der Waals surface area contributed by atoms with Crippen molar-refractivity contribution in [1.29, 1.82) is 0 Å². The molecule has 0 bridgehead atoms. The van der Waals surface area contributed by atoms with E-state index in [0.717, 1.165) is 41.6 Å². The van der Waals surface area contributed by atoms with Crippen molar-refractivity contribution in [3.05, 3.63) is 0 Å². The van der Waals surface area contributed by atoms with Gasteiger partial charge < -0.3 is 30.8 Å². The summed E-state index contributed by atoms with van der Waals surface area (Å²) in [6.07, 6.45) is 0.964. The van der Waals surface area contributed by atoms with Gasteiger partial charge >= 0.3 is 0 Å². The molecule has 0 aliphatic carbocycles. The smallest absolute Gasteiger partial charge is 0.210 e. The van der Waals surface area contributed by atoms with E-state index in [1.165, 1.54) is 0 Å². The van der Waals surface area contributed by atoms with Crippen LogP contribution in [0.2, 0.25) is 0 Å². The maximum absolute atomic E-state index is 10.9. The molecule has 0 aromatic carbocycles. The van der Waals surface area contributed by atoms with Gasteiger partial charge in [-0.05, 0) is 0 Å². The van der Waals surface area contributed by atoms with E-state index in [9.17, 15) is 4.79 Å². The number of rotatable bonds is 7. The first-order chi connectivity index (χ1) is 6.64. The normalized spacial score (nSPS) is 11.9. The number of carbonyl (C=O) groups excluding carboxylic acids is 1. The molecule has 0 rings (SSSR count). The van der Waals surface area contributed by atoms with E-state index in [-0.39, 0.29) is 17.0 Å². The molecule has 0 radical (unpaired) electrons. The van der Waals surface area contributed by atoms with E-state index in [4.69, 9.17) is 0 Å². The molecule has 0 saturated carbocycles. The van der Waals surface area contributed by atoms with Crippen molar-refractivity contribution in [1.82, 2.24) is 4.90 Å². The molecule has 5 heteroatoms. The second-order valence-electron chi connectivity index (χ2n) is 6.17. The molecule has 0 heterocycles. The fourth-order valence-electron chi connectivity index (χ4n) is 1.07. The minimum Gasteiger partial charge on any atom is -1.00 e. The molecule has 98 valence electrons. The summed E-state index contributed by atoms with van der Waals surface area (Å²) in [5, 5.41) is 0. The quantitative estimate of drug-likeness (QED) is 0.359. The Kier molecular flexibility index (Phi) is 8.26. The lowest BCUT2D eigenvalue weighted by Gasteiger charge is -2.29. The van der Waals surface area contributed by atoms with E-state index in [1.54, 1.807) is 0 Å². The minimum absolute atomic E-state index is 0. The van der Waals surface area contributed by atoms with Crippen molar-refractivity contribution in [2.24, 2.45) is 0 Å². The molecule has 0 aliphatic rings. The summed E-state index contributed by atoms with van der Waals surface area (Å²) >= 11 is 0. The van der Waals surface area contributed by atoms with Crippen LogP contribution in [-0.4, -0.2) is 88.7 Å². The average molecular weight is 297 g/mol. The zero-order chi connectivity index (χ0) is 12.1. The maximum atomic E-state index is 10.9. The van der Waals surface area contributed by atoms with Gasteiger partial charge in [0.15, 0.2) is 0 Å². The van der Waals surface area contributed by atoms with Crippen molar-refractivity contribution in [2.45, 2.75) is 0 Å². The molecule has 4 nitrogen and oxygen atoms in total.